The average Bonchev–Trinajstić information content (AvgIpc) is 3.25. The van der Waals surface area contributed by atoms with Gasteiger partial charge in [0.05, 0.1) is 12.9 Å². The van der Waals surface area contributed by atoms with Crippen LogP contribution < -0.4 is 9.46 Å². The second-order valence-electron chi connectivity index (χ2n) is 5.50. The molecular formula is C15H23NO3S. The number of methoxy groups -OCH3 is 1. The Morgan fingerprint density at radius 3 is 2.40 bits per heavy atom. The molecule has 0 atom stereocenters. The molecule has 1 fully saturated rings. The van der Waals surface area contributed by atoms with E-state index in [1.165, 1.54) is 5.56 Å². The highest BCUT2D eigenvalue weighted by Gasteiger charge is 2.44. The van der Waals surface area contributed by atoms with Gasteiger partial charge in [-0.3, -0.25) is 0 Å². The van der Waals surface area contributed by atoms with Gasteiger partial charge in [0.2, 0.25) is 10.0 Å². The first-order valence-corrected chi connectivity index (χ1v) is 8.78. The van der Waals surface area contributed by atoms with Crippen molar-refractivity contribution in [2.45, 2.75) is 38.0 Å². The summed E-state index contributed by atoms with van der Waals surface area (Å²) in [7, 11) is -1.49. The van der Waals surface area contributed by atoms with Crippen LogP contribution in [0.3, 0.4) is 0 Å². The van der Waals surface area contributed by atoms with E-state index in [4.69, 9.17) is 4.74 Å². The summed E-state index contributed by atoms with van der Waals surface area (Å²) in [5.41, 5.74) is 1.18. The number of sulfonamides is 1. The maximum absolute atomic E-state index is 11.9. The van der Waals surface area contributed by atoms with E-state index >= 15 is 0 Å². The third kappa shape index (κ3) is 3.73. The van der Waals surface area contributed by atoms with Crippen LogP contribution in [0.2, 0.25) is 0 Å². The maximum atomic E-state index is 11.9. The van der Waals surface area contributed by atoms with Gasteiger partial charge in [-0.15, -0.1) is 0 Å². The fraction of sp³-hybridized carbons (Fsp3) is 0.600. The summed E-state index contributed by atoms with van der Waals surface area (Å²) >= 11 is 0. The van der Waals surface area contributed by atoms with Crippen LogP contribution in [-0.4, -0.2) is 27.8 Å². The minimum atomic E-state index is -3.13. The summed E-state index contributed by atoms with van der Waals surface area (Å²) in [5, 5.41) is 0. The average molecular weight is 297 g/mol. The van der Waals surface area contributed by atoms with E-state index in [0.717, 1.165) is 25.0 Å². The Labute approximate surface area is 121 Å². The Morgan fingerprint density at radius 2 is 1.90 bits per heavy atom. The van der Waals surface area contributed by atoms with Gasteiger partial charge in [-0.05, 0) is 37.0 Å². The Morgan fingerprint density at radius 1 is 1.25 bits per heavy atom. The largest absolute Gasteiger partial charge is 0.497 e. The van der Waals surface area contributed by atoms with Gasteiger partial charge in [0, 0.05) is 12.0 Å². The van der Waals surface area contributed by atoms with Crippen LogP contribution >= 0.6 is 0 Å². The lowest BCUT2D eigenvalue weighted by Gasteiger charge is -2.17. The summed E-state index contributed by atoms with van der Waals surface area (Å²) in [4.78, 5) is 0. The highest BCUT2D eigenvalue weighted by Crippen LogP contribution is 2.48. The summed E-state index contributed by atoms with van der Waals surface area (Å²) in [5.74, 6) is 1.05. The molecule has 0 spiro atoms. The number of rotatable bonds is 8. The first kappa shape index (κ1) is 15.3. The molecule has 2 rings (SSSR count). The molecule has 20 heavy (non-hydrogen) atoms. The number of benzene rings is 1. The lowest BCUT2D eigenvalue weighted by Crippen LogP contribution is -2.33. The smallest absolute Gasteiger partial charge is 0.211 e. The van der Waals surface area contributed by atoms with Crippen LogP contribution in [0, 0.1) is 0 Å². The number of hydrogen-bond acceptors (Lipinski definition) is 3. The van der Waals surface area contributed by atoms with Crippen molar-refractivity contribution in [3.05, 3.63) is 29.8 Å². The molecule has 0 heterocycles. The van der Waals surface area contributed by atoms with Gasteiger partial charge >= 0.3 is 0 Å². The van der Waals surface area contributed by atoms with Crippen molar-refractivity contribution in [2.24, 2.45) is 0 Å². The fourth-order valence-corrected chi connectivity index (χ4v) is 3.63. The van der Waals surface area contributed by atoms with Crippen molar-refractivity contribution < 1.29 is 13.2 Å². The molecule has 0 unspecified atom stereocenters. The van der Waals surface area contributed by atoms with Gasteiger partial charge in [-0.25, -0.2) is 13.1 Å². The van der Waals surface area contributed by atoms with Crippen LogP contribution in [0.1, 0.15) is 38.2 Å². The molecule has 5 heteroatoms. The van der Waals surface area contributed by atoms with E-state index in [-0.39, 0.29) is 11.2 Å². The topological polar surface area (TPSA) is 55.4 Å². The van der Waals surface area contributed by atoms with Crippen LogP contribution in [0.25, 0.3) is 0 Å². The van der Waals surface area contributed by atoms with E-state index in [9.17, 15) is 8.42 Å². The Kier molecular flexibility index (Phi) is 4.70. The molecule has 1 aliphatic rings. The number of unbranched alkanes of at least 4 members (excludes halogenated alkanes) is 1. The molecule has 0 amide bonds. The highest BCUT2D eigenvalue weighted by molar-refractivity contribution is 7.89. The number of nitrogens with one attached hydrogen (secondary N) is 1. The van der Waals surface area contributed by atoms with E-state index in [1.54, 1.807) is 7.11 Å². The molecule has 1 N–H and O–H groups in total. The zero-order valence-corrected chi connectivity index (χ0v) is 13.0. The predicted octanol–water partition coefficient (Wildman–Crippen LogP) is 2.45. The first-order chi connectivity index (χ1) is 9.51. The minimum absolute atomic E-state index is 0.00838. The van der Waals surface area contributed by atoms with E-state index in [2.05, 4.69) is 4.72 Å². The van der Waals surface area contributed by atoms with Crippen LogP contribution in [-0.2, 0) is 15.4 Å². The van der Waals surface area contributed by atoms with Gasteiger partial charge < -0.3 is 4.74 Å². The first-order valence-electron chi connectivity index (χ1n) is 7.13. The van der Waals surface area contributed by atoms with Crippen molar-refractivity contribution in [3.63, 3.8) is 0 Å². The van der Waals surface area contributed by atoms with Crippen molar-refractivity contribution in [1.82, 2.24) is 4.72 Å². The second kappa shape index (κ2) is 6.14. The van der Waals surface area contributed by atoms with Crippen LogP contribution in [0.5, 0.6) is 5.75 Å². The molecule has 4 nitrogen and oxygen atoms in total. The van der Waals surface area contributed by atoms with Crippen LogP contribution in [0.4, 0.5) is 0 Å². The normalized spacial score (nSPS) is 16.9. The van der Waals surface area contributed by atoms with Gasteiger partial charge in [0.25, 0.3) is 0 Å². The summed E-state index contributed by atoms with van der Waals surface area (Å²) in [6.45, 7) is 2.50. The minimum Gasteiger partial charge on any atom is -0.497 e. The third-order valence-electron chi connectivity index (χ3n) is 3.95. The molecule has 1 saturated carbocycles. The summed E-state index contributed by atoms with van der Waals surface area (Å²) in [6.07, 6.45) is 3.68. The van der Waals surface area contributed by atoms with Crippen molar-refractivity contribution >= 4 is 10.0 Å². The zero-order chi connectivity index (χ0) is 14.6. The van der Waals surface area contributed by atoms with Gasteiger partial charge in [0.1, 0.15) is 5.75 Å². The molecule has 1 aromatic carbocycles. The SMILES string of the molecule is CCCCS(=O)(=O)NCC1(c2ccc(OC)cc2)CC1. The number of ether oxygens (including phenoxy) is 1. The monoisotopic (exact) mass is 297 g/mol. The lowest BCUT2D eigenvalue weighted by atomic mass is 9.96. The third-order valence-corrected chi connectivity index (χ3v) is 5.36. The second-order valence-corrected chi connectivity index (χ2v) is 7.43. The Hall–Kier alpha value is -1.07. The van der Waals surface area contributed by atoms with E-state index in [1.807, 2.05) is 31.2 Å². The molecule has 0 bridgehead atoms. The molecule has 0 radical (unpaired) electrons. The van der Waals surface area contributed by atoms with Crippen molar-refractivity contribution in [2.75, 3.05) is 19.4 Å². The molecule has 0 saturated heterocycles. The molecular weight excluding hydrogens is 274 g/mol. The molecule has 0 aliphatic heterocycles. The quantitative estimate of drug-likeness (QED) is 0.802. The van der Waals surface area contributed by atoms with E-state index < -0.39 is 10.0 Å². The maximum Gasteiger partial charge on any atom is 0.211 e. The lowest BCUT2D eigenvalue weighted by molar-refractivity contribution is 0.414. The number of hydrogen-bond donors (Lipinski definition) is 1. The predicted molar refractivity (Wildman–Crippen MR) is 80.6 cm³/mol. The molecule has 0 aromatic heterocycles. The molecule has 1 aliphatic carbocycles. The van der Waals surface area contributed by atoms with Gasteiger partial charge in [-0.2, -0.15) is 0 Å². The van der Waals surface area contributed by atoms with E-state index in [0.29, 0.717) is 13.0 Å². The van der Waals surface area contributed by atoms with Gasteiger partial charge in [0.15, 0.2) is 0 Å². The zero-order valence-electron chi connectivity index (χ0n) is 12.2. The Balaban J connectivity index is 1.97. The highest BCUT2D eigenvalue weighted by atomic mass is 32.2. The Bertz CT molecular complexity index is 533. The van der Waals surface area contributed by atoms with Gasteiger partial charge in [-0.1, -0.05) is 25.5 Å². The van der Waals surface area contributed by atoms with Crippen molar-refractivity contribution in [3.8, 4) is 5.75 Å². The summed E-state index contributed by atoms with van der Waals surface area (Å²) < 4.78 is 31.6. The fourth-order valence-electron chi connectivity index (χ4n) is 2.32. The summed E-state index contributed by atoms with van der Waals surface area (Å²) in [6, 6.07) is 7.93. The standard InChI is InChI=1S/C15H23NO3S/c1-3-4-11-20(17,18)16-12-15(9-10-15)13-5-7-14(19-2)8-6-13/h5-8,16H,3-4,9-12H2,1-2H3. The molecule has 112 valence electrons. The van der Waals surface area contributed by atoms with Crippen molar-refractivity contribution in [1.29, 1.82) is 0 Å². The van der Waals surface area contributed by atoms with Crippen LogP contribution in [0.15, 0.2) is 24.3 Å². The molecule has 1 aromatic rings.